The lowest BCUT2D eigenvalue weighted by Gasteiger charge is -2.43. The van der Waals surface area contributed by atoms with Gasteiger partial charge in [-0.15, -0.1) is 0 Å². The Balaban J connectivity index is 1.56. The minimum absolute atomic E-state index is 0.0348. The topological polar surface area (TPSA) is 109 Å². The molecular weight excluding hydrogens is 392 g/mol. The first-order valence-corrected chi connectivity index (χ1v) is 11.9. The molecule has 0 aromatic rings. The number of ether oxygens (including phenoxy) is 4. The molecule has 1 saturated carbocycles. The van der Waals surface area contributed by atoms with Gasteiger partial charge in [-0.05, 0) is 25.2 Å². The van der Waals surface area contributed by atoms with Gasteiger partial charge in [-0.25, -0.2) is 9.59 Å². The largest absolute Gasteiger partial charge is 0.449 e. The molecule has 3 N–H and O–H groups in total. The van der Waals surface area contributed by atoms with Crippen LogP contribution in [0, 0.1) is 5.41 Å². The average Bonchev–Trinajstić information content (AvgIpc) is 2.61. The fourth-order valence-corrected chi connectivity index (χ4v) is 5.07. The van der Waals surface area contributed by atoms with Crippen LogP contribution in [0.3, 0.4) is 0 Å². The van der Waals surface area contributed by atoms with E-state index >= 15 is 0 Å². The molecule has 27 heavy (non-hydrogen) atoms. The quantitative estimate of drug-likeness (QED) is 0.386. The third-order valence-corrected chi connectivity index (χ3v) is 7.04. The molecular formula is C17H30N2O6S2. The van der Waals surface area contributed by atoms with Crippen LogP contribution in [-0.4, -0.2) is 56.0 Å². The molecule has 1 saturated heterocycles. The molecule has 0 spiro atoms. The molecule has 2 fully saturated rings. The zero-order chi connectivity index (χ0) is 19.5. The van der Waals surface area contributed by atoms with E-state index in [0.29, 0.717) is 24.7 Å². The molecule has 0 atom stereocenters. The van der Waals surface area contributed by atoms with Gasteiger partial charge in [0.1, 0.15) is 13.2 Å². The number of rotatable bonds is 11. The number of carbonyl (C=O) groups is 2. The Kier molecular flexibility index (Phi) is 9.88. The van der Waals surface area contributed by atoms with Gasteiger partial charge < -0.3 is 30.0 Å². The highest BCUT2D eigenvalue weighted by Gasteiger charge is 2.39. The van der Waals surface area contributed by atoms with E-state index in [9.17, 15) is 9.59 Å². The molecule has 2 aliphatic rings. The van der Waals surface area contributed by atoms with Gasteiger partial charge in [0.15, 0.2) is 12.6 Å². The van der Waals surface area contributed by atoms with Crippen LogP contribution in [0.1, 0.15) is 45.4 Å². The highest BCUT2D eigenvalue weighted by Crippen LogP contribution is 2.42. The molecule has 0 bridgehead atoms. The van der Waals surface area contributed by atoms with Crippen molar-refractivity contribution in [3.05, 3.63) is 0 Å². The fraction of sp³-hybridized carbons (Fsp3) is 0.882. The molecule has 1 heterocycles. The number of carbonyl (C=O) groups excluding carboxylic acids is 2. The molecule has 156 valence electrons. The van der Waals surface area contributed by atoms with E-state index in [1.165, 1.54) is 19.3 Å². The number of primary amides is 1. The van der Waals surface area contributed by atoms with Gasteiger partial charge in [-0.3, -0.25) is 0 Å². The van der Waals surface area contributed by atoms with Crippen molar-refractivity contribution in [3.63, 3.8) is 0 Å². The summed E-state index contributed by atoms with van der Waals surface area (Å²) in [6.45, 7) is 3.10. The Morgan fingerprint density at radius 3 is 2.33 bits per heavy atom. The van der Waals surface area contributed by atoms with Crippen LogP contribution in [0.4, 0.5) is 9.59 Å². The van der Waals surface area contributed by atoms with Crippen LogP contribution in [0.25, 0.3) is 0 Å². The van der Waals surface area contributed by atoms with Crippen molar-refractivity contribution in [2.75, 3.05) is 31.3 Å². The Morgan fingerprint density at radius 2 is 1.74 bits per heavy atom. The molecule has 2 rings (SSSR count). The maximum atomic E-state index is 12.0. The van der Waals surface area contributed by atoms with E-state index in [0.717, 1.165) is 19.3 Å². The minimum Gasteiger partial charge on any atom is -0.449 e. The molecule has 1 aliphatic heterocycles. The monoisotopic (exact) mass is 422 g/mol. The zero-order valence-electron chi connectivity index (χ0n) is 15.8. The second-order valence-electron chi connectivity index (χ2n) is 6.84. The fourth-order valence-electron chi connectivity index (χ4n) is 3.42. The average molecular weight is 423 g/mol. The number of nitrogens with one attached hydrogen (secondary N) is 1. The predicted molar refractivity (Wildman–Crippen MR) is 105 cm³/mol. The van der Waals surface area contributed by atoms with E-state index in [2.05, 4.69) is 10.1 Å². The molecule has 0 aromatic carbocycles. The first-order chi connectivity index (χ1) is 13.0. The van der Waals surface area contributed by atoms with Gasteiger partial charge in [0, 0.05) is 24.5 Å². The molecule has 1 aliphatic carbocycles. The lowest BCUT2D eigenvalue weighted by atomic mass is 9.71. The van der Waals surface area contributed by atoms with Gasteiger partial charge in [0.05, 0.1) is 0 Å². The Morgan fingerprint density at radius 1 is 1.11 bits per heavy atom. The van der Waals surface area contributed by atoms with Crippen molar-refractivity contribution in [2.24, 2.45) is 11.1 Å². The summed E-state index contributed by atoms with van der Waals surface area (Å²) in [7, 11) is 3.10. The maximum absolute atomic E-state index is 12.0. The normalized spacial score (nSPS) is 23.9. The zero-order valence-corrected chi connectivity index (χ0v) is 17.4. The first-order valence-electron chi connectivity index (χ1n) is 9.37. The van der Waals surface area contributed by atoms with Crippen molar-refractivity contribution in [1.29, 1.82) is 0 Å². The maximum Gasteiger partial charge on any atom is 0.407 e. The van der Waals surface area contributed by atoms with Crippen molar-refractivity contribution in [3.8, 4) is 0 Å². The Labute approximate surface area is 168 Å². The van der Waals surface area contributed by atoms with Crippen molar-refractivity contribution >= 4 is 33.8 Å². The summed E-state index contributed by atoms with van der Waals surface area (Å²) in [4.78, 5) is 22.4. The van der Waals surface area contributed by atoms with Crippen molar-refractivity contribution in [1.82, 2.24) is 5.32 Å². The lowest BCUT2D eigenvalue weighted by Crippen LogP contribution is -2.47. The minimum atomic E-state index is -0.763. The van der Waals surface area contributed by atoms with E-state index in [1.54, 1.807) is 21.6 Å². The van der Waals surface area contributed by atoms with Crippen LogP contribution in [-0.2, 0) is 18.9 Å². The molecule has 8 nitrogen and oxygen atoms in total. The standard InChI is InChI=1S/C17H30N2O6S2/c1-13-24-14(25-13)11-17(5-3-2-4-6-17)12-19-16(21)23-8-10-27-26-9-7-22-15(18)20/h13-14H,2-12H2,1H3,(H2,18,20)(H,19,21). The SMILES string of the molecule is CC1OC(CC2(CNC(=O)OCCSSCCOC(N)=O)CCCCC2)O1. The van der Waals surface area contributed by atoms with Gasteiger partial charge in [0.2, 0.25) is 0 Å². The summed E-state index contributed by atoms with van der Waals surface area (Å²) >= 11 is 0. The second kappa shape index (κ2) is 11.9. The molecule has 0 radical (unpaired) electrons. The van der Waals surface area contributed by atoms with E-state index in [1.807, 2.05) is 6.92 Å². The molecule has 0 aromatic heterocycles. The molecule has 0 unspecified atom stereocenters. The third-order valence-electron chi connectivity index (χ3n) is 4.70. The summed E-state index contributed by atoms with van der Waals surface area (Å²) < 4.78 is 21.1. The van der Waals surface area contributed by atoms with Crippen LogP contribution < -0.4 is 11.1 Å². The van der Waals surface area contributed by atoms with Crippen LogP contribution >= 0.6 is 21.6 Å². The summed E-state index contributed by atoms with van der Waals surface area (Å²) in [6.07, 6.45) is 5.14. The van der Waals surface area contributed by atoms with E-state index < -0.39 is 6.09 Å². The number of nitrogens with two attached hydrogens (primary N) is 1. The summed E-state index contributed by atoms with van der Waals surface area (Å²) in [5, 5.41) is 2.92. The van der Waals surface area contributed by atoms with E-state index in [-0.39, 0.29) is 30.7 Å². The number of alkyl carbamates (subject to hydrolysis) is 1. The second-order valence-corrected chi connectivity index (χ2v) is 9.54. The van der Waals surface area contributed by atoms with Gasteiger partial charge >= 0.3 is 12.2 Å². The van der Waals surface area contributed by atoms with Crippen LogP contribution in [0.5, 0.6) is 0 Å². The smallest absolute Gasteiger partial charge is 0.407 e. The van der Waals surface area contributed by atoms with Gasteiger partial charge in [-0.2, -0.15) is 0 Å². The highest BCUT2D eigenvalue weighted by molar-refractivity contribution is 8.76. The third kappa shape index (κ3) is 8.80. The highest BCUT2D eigenvalue weighted by atomic mass is 33.1. The van der Waals surface area contributed by atoms with Crippen molar-refractivity contribution in [2.45, 2.75) is 58.0 Å². The number of amides is 2. The summed E-state index contributed by atoms with van der Waals surface area (Å²) in [5.74, 6) is 1.31. The van der Waals surface area contributed by atoms with E-state index in [4.69, 9.17) is 19.9 Å². The first kappa shape index (κ1) is 22.4. The Bertz CT molecular complexity index is 470. The molecule has 2 amide bonds. The Hall–Kier alpha value is -0.840. The molecule has 10 heteroatoms. The van der Waals surface area contributed by atoms with Gasteiger partial charge in [0.25, 0.3) is 0 Å². The number of hydrogen-bond donors (Lipinski definition) is 2. The summed E-state index contributed by atoms with van der Waals surface area (Å²) in [5.41, 5.74) is 4.90. The summed E-state index contributed by atoms with van der Waals surface area (Å²) in [6, 6.07) is 0. The predicted octanol–water partition coefficient (Wildman–Crippen LogP) is 3.25. The van der Waals surface area contributed by atoms with Crippen molar-refractivity contribution < 1.29 is 28.5 Å². The van der Waals surface area contributed by atoms with Crippen LogP contribution in [0.2, 0.25) is 0 Å². The lowest BCUT2D eigenvalue weighted by molar-refractivity contribution is -0.383. The number of hydrogen-bond acceptors (Lipinski definition) is 8. The van der Waals surface area contributed by atoms with Gasteiger partial charge in [-0.1, -0.05) is 40.9 Å². The van der Waals surface area contributed by atoms with Crippen LogP contribution in [0.15, 0.2) is 0 Å².